The molecule has 4 rings (SSSR count). The number of ether oxygens (including phenoxy) is 1. The standard InChI is InChI=1S/C20H27N7O/c1-2-3-10-28-20-25-18(21)19-24-13-16(27(19)26-20)11-14-4-5-17(23-12-14)15-6-8-22-9-7-15/h4-5,12-13,15,22H,2-3,6-11H2,1H3,(H2,21,25,26). The van der Waals surface area contributed by atoms with Crippen LogP contribution in [-0.2, 0) is 6.42 Å². The summed E-state index contributed by atoms with van der Waals surface area (Å²) in [6.07, 6.45) is 8.72. The van der Waals surface area contributed by atoms with Gasteiger partial charge < -0.3 is 15.8 Å². The van der Waals surface area contributed by atoms with Crippen molar-refractivity contribution in [2.45, 2.75) is 44.9 Å². The molecule has 1 fully saturated rings. The second kappa shape index (κ2) is 8.52. The minimum absolute atomic E-state index is 0.289. The quantitative estimate of drug-likeness (QED) is 0.605. The van der Waals surface area contributed by atoms with Crippen molar-refractivity contribution in [2.75, 3.05) is 25.4 Å². The first-order valence-electron chi connectivity index (χ1n) is 10.0. The number of pyridine rings is 1. The highest BCUT2D eigenvalue weighted by Crippen LogP contribution is 2.24. The first-order chi connectivity index (χ1) is 13.7. The lowest BCUT2D eigenvalue weighted by Gasteiger charge is -2.22. The minimum Gasteiger partial charge on any atom is -0.462 e. The molecule has 0 radical (unpaired) electrons. The Hall–Kier alpha value is -2.74. The average Bonchev–Trinajstić information content (AvgIpc) is 3.13. The molecule has 4 heterocycles. The number of nitrogens with two attached hydrogens (primary N) is 1. The highest BCUT2D eigenvalue weighted by Gasteiger charge is 2.17. The normalized spacial score (nSPS) is 15.2. The molecule has 0 spiro atoms. The Labute approximate surface area is 164 Å². The Bertz CT molecular complexity index is 916. The molecule has 0 atom stereocenters. The minimum atomic E-state index is 0.289. The summed E-state index contributed by atoms with van der Waals surface area (Å²) in [5.41, 5.74) is 9.82. The number of anilines is 1. The van der Waals surface area contributed by atoms with Gasteiger partial charge in [0.05, 0.1) is 18.5 Å². The fraction of sp³-hybridized carbons (Fsp3) is 0.500. The van der Waals surface area contributed by atoms with Crippen LogP contribution in [0.5, 0.6) is 6.01 Å². The largest absolute Gasteiger partial charge is 0.462 e. The second-order valence-electron chi connectivity index (χ2n) is 7.26. The number of imidazole rings is 1. The summed E-state index contributed by atoms with van der Waals surface area (Å²) in [4.78, 5) is 13.3. The Morgan fingerprint density at radius 2 is 2.07 bits per heavy atom. The third-order valence-corrected chi connectivity index (χ3v) is 5.16. The number of rotatable bonds is 7. The van der Waals surface area contributed by atoms with Crippen LogP contribution in [-0.4, -0.2) is 44.3 Å². The predicted octanol–water partition coefficient (Wildman–Crippen LogP) is 2.34. The van der Waals surface area contributed by atoms with Gasteiger partial charge in [0.25, 0.3) is 0 Å². The van der Waals surface area contributed by atoms with E-state index in [0.29, 0.717) is 30.4 Å². The predicted molar refractivity (Wildman–Crippen MR) is 107 cm³/mol. The van der Waals surface area contributed by atoms with Crippen LogP contribution in [0.2, 0.25) is 0 Å². The monoisotopic (exact) mass is 381 g/mol. The third kappa shape index (κ3) is 4.06. The zero-order valence-corrected chi connectivity index (χ0v) is 16.3. The van der Waals surface area contributed by atoms with Gasteiger partial charge in [0, 0.05) is 24.2 Å². The van der Waals surface area contributed by atoms with Gasteiger partial charge >= 0.3 is 6.01 Å². The summed E-state index contributed by atoms with van der Waals surface area (Å²) in [7, 11) is 0. The SMILES string of the molecule is CCCCOc1nc(N)c2ncc(Cc3ccc(C4CCNCC4)nc3)n2n1. The van der Waals surface area contributed by atoms with Crippen molar-refractivity contribution in [2.24, 2.45) is 0 Å². The average molecular weight is 381 g/mol. The van der Waals surface area contributed by atoms with Gasteiger partial charge in [-0.15, -0.1) is 5.10 Å². The number of nitrogen functional groups attached to an aromatic ring is 1. The smallest absolute Gasteiger partial charge is 0.336 e. The summed E-state index contributed by atoms with van der Waals surface area (Å²) in [5.74, 6) is 0.883. The summed E-state index contributed by atoms with van der Waals surface area (Å²) in [6.45, 7) is 4.83. The molecule has 8 heteroatoms. The molecule has 3 aromatic rings. The molecule has 28 heavy (non-hydrogen) atoms. The maximum Gasteiger partial charge on any atom is 0.336 e. The van der Waals surface area contributed by atoms with Crippen molar-refractivity contribution in [1.82, 2.24) is 29.9 Å². The molecule has 0 saturated carbocycles. The molecule has 8 nitrogen and oxygen atoms in total. The Balaban J connectivity index is 1.52. The van der Waals surface area contributed by atoms with Gasteiger partial charge in [-0.25, -0.2) is 9.50 Å². The van der Waals surface area contributed by atoms with E-state index in [1.54, 1.807) is 10.7 Å². The third-order valence-electron chi connectivity index (χ3n) is 5.16. The molecule has 0 amide bonds. The van der Waals surface area contributed by atoms with Gasteiger partial charge in [-0.2, -0.15) is 4.98 Å². The van der Waals surface area contributed by atoms with Crippen molar-refractivity contribution in [3.8, 4) is 6.01 Å². The number of fused-ring (bicyclic) bond motifs is 1. The summed E-state index contributed by atoms with van der Waals surface area (Å²) in [6, 6.07) is 4.58. The van der Waals surface area contributed by atoms with Gasteiger partial charge in [-0.05, 0) is 44.0 Å². The van der Waals surface area contributed by atoms with Gasteiger partial charge in [-0.1, -0.05) is 19.4 Å². The van der Waals surface area contributed by atoms with Crippen LogP contribution in [0.1, 0.15) is 55.5 Å². The van der Waals surface area contributed by atoms with Crippen LogP contribution in [0.3, 0.4) is 0 Å². The molecule has 0 unspecified atom stereocenters. The van der Waals surface area contributed by atoms with Gasteiger partial charge in [0.2, 0.25) is 0 Å². The fourth-order valence-electron chi connectivity index (χ4n) is 3.53. The van der Waals surface area contributed by atoms with Gasteiger partial charge in [0.15, 0.2) is 11.5 Å². The van der Waals surface area contributed by atoms with Crippen molar-refractivity contribution in [3.63, 3.8) is 0 Å². The van der Waals surface area contributed by atoms with E-state index in [9.17, 15) is 0 Å². The van der Waals surface area contributed by atoms with Crippen molar-refractivity contribution in [1.29, 1.82) is 0 Å². The first-order valence-corrected chi connectivity index (χ1v) is 10.0. The topological polar surface area (TPSA) is 103 Å². The Morgan fingerprint density at radius 3 is 2.82 bits per heavy atom. The van der Waals surface area contributed by atoms with Crippen molar-refractivity contribution in [3.05, 3.63) is 41.5 Å². The molecule has 0 aliphatic carbocycles. The maximum atomic E-state index is 6.04. The van der Waals surface area contributed by atoms with E-state index in [1.807, 2.05) is 6.20 Å². The lowest BCUT2D eigenvalue weighted by Crippen LogP contribution is -2.27. The van der Waals surface area contributed by atoms with Crippen LogP contribution in [0, 0.1) is 0 Å². The first kappa shape index (κ1) is 18.6. The van der Waals surface area contributed by atoms with E-state index in [0.717, 1.165) is 50.0 Å². The molecule has 3 aromatic heterocycles. The highest BCUT2D eigenvalue weighted by atomic mass is 16.5. The zero-order chi connectivity index (χ0) is 19.3. The van der Waals surface area contributed by atoms with E-state index < -0.39 is 0 Å². The number of aromatic nitrogens is 5. The number of hydrogen-bond donors (Lipinski definition) is 2. The van der Waals surface area contributed by atoms with E-state index in [1.165, 1.54) is 5.69 Å². The Morgan fingerprint density at radius 1 is 1.21 bits per heavy atom. The molecule has 148 valence electrons. The van der Waals surface area contributed by atoms with E-state index in [-0.39, 0.29) is 6.01 Å². The van der Waals surface area contributed by atoms with Crippen molar-refractivity contribution < 1.29 is 4.74 Å². The maximum absolute atomic E-state index is 6.04. The number of nitrogens with one attached hydrogen (secondary N) is 1. The zero-order valence-electron chi connectivity index (χ0n) is 16.3. The molecule has 1 aliphatic rings. The van der Waals surface area contributed by atoms with Crippen LogP contribution in [0.25, 0.3) is 5.65 Å². The van der Waals surface area contributed by atoms with Crippen LogP contribution in [0.4, 0.5) is 5.82 Å². The molecule has 1 aliphatic heterocycles. The Kier molecular flexibility index (Phi) is 5.66. The van der Waals surface area contributed by atoms with E-state index in [4.69, 9.17) is 15.5 Å². The van der Waals surface area contributed by atoms with Crippen molar-refractivity contribution >= 4 is 11.5 Å². The lowest BCUT2D eigenvalue weighted by molar-refractivity contribution is 0.280. The fourth-order valence-corrected chi connectivity index (χ4v) is 3.53. The lowest BCUT2D eigenvalue weighted by atomic mass is 9.94. The molecule has 3 N–H and O–H groups in total. The number of nitrogens with zero attached hydrogens (tertiary/aromatic N) is 5. The second-order valence-corrected chi connectivity index (χ2v) is 7.26. The van der Waals surface area contributed by atoms with Crippen LogP contribution < -0.4 is 15.8 Å². The van der Waals surface area contributed by atoms with Crippen LogP contribution >= 0.6 is 0 Å². The number of unbranched alkanes of at least 4 members (excludes halogenated alkanes) is 1. The van der Waals surface area contributed by atoms with E-state index in [2.05, 4.69) is 39.4 Å². The van der Waals surface area contributed by atoms with Crippen LogP contribution in [0.15, 0.2) is 24.5 Å². The number of hydrogen-bond acceptors (Lipinski definition) is 7. The van der Waals surface area contributed by atoms with Gasteiger partial charge in [-0.3, -0.25) is 4.98 Å². The molecular weight excluding hydrogens is 354 g/mol. The molecule has 1 saturated heterocycles. The summed E-state index contributed by atoms with van der Waals surface area (Å²) < 4.78 is 7.35. The van der Waals surface area contributed by atoms with Gasteiger partial charge in [0.1, 0.15) is 0 Å². The van der Waals surface area contributed by atoms with E-state index >= 15 is 0 Å². The molecular formula is C20H27N7O. The molecule has 0 aromatic carbocycles. The summed E-state index contributed by atoms with van der Waals surface area (Å²) >= 11 is 0. The number of piperidine rings is 1. The molecule has 0 bridgehead atoms. The highest BCUT2D eigenvalue weighted by molar-refractivity contribution is 5.59. The summed E-state index contributed by atoms with van der Waals surface area (Å²) in [5, 5.41) is 7.87.